The molecule has 1 aromatic rings. The van der Waals surface area contributed by atoms with E-state index >= 15 is 0 Å². The second-order valence-electron chi connectivity index (χ2n) is 4.63. The van der Waals surface area contributed by atoms with E-state index < -0.39 is 11.7 Å². The van der Waals surface area contributed by atoms with Crippen LogP contribution in [0.4, 0.5) is 4.39 Å². The van der Waals surface area contributed by atoms with Gasteiger partial charge in [0.1, 0.15) is 11.6 Å². The van der Waals surface area contributed by atoms with Crippen molar-refractivity contribution in [2.24, 2.45) is 0 Å². The maximum atomic E-state index is 13.0. The minimum absolute atomic E-state index is 0.0240. The Morgan fingerprint density at radius 3 is 2.94 bits per heavy atom. The van der Waals surface area contributed by atoms with Gasteiger partial charge < -0.3 is 15.3 Å². The molecule has 0 aromatic heterocycles. The van der Waals surface area contributed by atoms with Crippen molar-refractivity contribution in [3.8, 4) is 5.75 Å². The highest BCUT2D eigenvalue weighted by atomic mass is 19.1. The Morgan fingerprint density at radius 1 is 1.56 bits per heavy atom. The van der Waals surface area contributed by atoms with Crippen LogP contribution in [-0.4, -0.2) is 42.1 Å². The second kappa shape index (κ2) is 5.35. The number of halogens is 1. The minimum Gasteiger partial charge on any atom is -0.507 e. The number of hydrogen-bond donors (Lipinski definition) is 2. The average Bonchev–Trinajstić information content (AvgIpc) is 3.16. The SMILES string of the molecule is CN(CCNC(=O)c1cc(F)ccc1O)C1CC1. The monoisotopic (exact) mass is 252 g/mol. The zero-order valence-corrected chi connectivity index (χ0v) is 10.3. The summed E-state index contributed by atoms with van der Waals surface area (Å²) in [5.41, 5.74) is -0.0240. The zero-order chi connectivity index (χ0) is 13.1. The van der Waals surface area contributed by atoms with Crippen LogP contribution in [0, 0.1) is 5.82 Å². The van der Waals surface area contributed by atoms with E-state index in [-0.39, 0.29) is 11.3 Å². The standard InChI is InChI=1S/C13H17FN2O2/c1-16(10-3-4-10)7-6-15-13(18)11-8-9(14)2-5-12(11)17/h2,5,8,10,17H,3-4,6-7H2,1H3,(H,15,18). The summed E-state index contributed by atoms with van der Waals surface area (Å²) < 4.78 is 13.0. The van der Waals surface area contributed by atoms with Crippen LogP contribution >= 0.6 is 0 Å². The third-order valence-corrected chi connectivity index (χ3v) is 3.12. The van der Waals surface area contributed by atoms with E-state index in [0.717, 1.165) is 18.7 Å². The molecular weight excluding hydrogens is 235 g/mol. The summed E-state index contributed by atoms with van der Waals surface area (Å²) >= 11 is 0. The van der Waals surface area contributed by atoms with Crippen molar-refractivity contribution in [1.29, 1.82) is 0 Å². The molecular formula is C13H17FN2O2. The van der Waals surface area contributed by atoms with Gasteiger partial charge in [0.15, 0.2) is 0 Å². The lowest BCUT2D eigenvalue weighted by Crippen LogP contribution is -2.34. The molecule has 0 spiro atoms. The predicted molar refractivity (Wildman–Crippen MR) is 66.1 cm³/mol. The number of amides is 1. The Labute approximate surface area is 105 Å². The largest absolute Gasteiger partial charge is 0.507 e. The Bertz CT molecular complexity index is 447. The maximum absolute atomic E-state index is 13.0. The Hall–Kier alpha value is -1.62. The molecule has 0 radical (unpaired) electrons. The summed E-state index contributed by atoms with van der Waals surface area (Å²) in [6.07, 6.45) is 2.43. The molecule has 1 aromatic carbocycles. The van der Waals surface area contributed by atoms with E-state index in [1.165, 1.54) is 18.9 Å². The van der Waals surface area contributed by atoms with Crippen LogP contribution < -0.4 is 5.32 Å². The van der Waals surface area contributed by atoms with Crippen LogP contribution in [0.1, 0.15) is 23.2 Å². The molecule has 5 heteroatoms. The Morgan fingerprint density at radius 2 is 2.28 bits per heavy atom. The fraction of sp³-hybridized carbons (Fsp3) is 0.462. The average molecular weight is 252 g/mol. The van der Waals surface area contributed by atoms with E-state index in [1.807, 2.05) is 7.05 Å². The highest BCUT2D eigenvalue weighted by Crippen LogP contribution is 2.24. The fourth-order valence-corrected chi connectivity index (χ4v) is 1.83. The van der Waals surface area contributed by atoms with Gasteiger partial charge in [-0.05, 0) is 38.1 Å². The maximum Gasteiger partial charge on any atom is 0.255 e. The molecule has 1 aliphatic carbocycles. The van der Waals surface area contributed by atoms with Crippen LogP contribution in [0.5, 0.6) is 5.75 Å². The summed E-state index contributed by atoms with van der Waals surface area (Å²) in [5, 5.41) is 12.1. The zero-order valence-electron chi connectivity index (χ0n) is 10.3. The number of carbonyl (C=O) groups excluding carboxylic acids is 1. The van der Waals surface area contributed by atoms with Crippen molar-refractivity contribution in [1.82, 2.24) is 10.2 Å². The van der Waals surface area contributed by atoms with Crippen molar-refractivity contribution in [2.75, 3.05) is 20.1 Å². The van der Waals surface area contributed by atoms with Crippen LogP contribution in [0.2, 0.25) is 0 Å². The lowest BCUT2D eigenvalue weighted by Gasteiger charge is -2.15. The summed E-state index contributed by atoms with van der Waals surface area (Å²) in [7, 11) is 2.02. The minimum atomic E-state index is -0.534. The van der Waals surface area contributed by atoms with Gasteiger partial charge in [-0.3, -0.25) is 4.79 Å². The Kier molecular flexibility index (Phi) is 3.81. The number of nitrogens with one attached hydrogen (secondary N) is 1. The molecule has 2 rings (SSSR count). The molecule has 0 heterocycles. The number of phenolic OH excluding ortho intramolecular Hbond substituents is 1. The van der Waals surface area contributed by atoms with Crippen LogP contribution in [0.25, 0.3) is 0 Å². The quantitative estimate of drug-likeness (QED) is 0.832. The molecule has 0 bridgehead atoms. The third kappa shape index (κ3) is 3.20. The topological polar surface area (TPSA) is 52.6 Å². The van der Waals surface area contributed by atoms with Crippen LogP contribution in [-0.2, 0) is 0 Å². The van der Waals surface area contributed by atoms with Gasteiger partial charge in [0, 0.05) is 19.1 Å². The summed E-state index contributed by atoms with van der Waals surface area (Å²) in [6, 6.07) is 3.98. The van der Waals surface area contributed by atoms with Crippen molar-refractivity contribution in [3.05, 3.63) is 29.6 Å². The van der Waals surface area contributed by atoms with Crippen molar-refractivity contribution >= 4 is 5.91 Å². The van der Waals surface area contributed by atoms with Crippen LogP contribution in [0.15, 0.2) is 18.2 Å². The molecule has 2 N–H and O–H groups in total. The highest BCUT2D eigenvalue weighted by molar-refractivity contribution is 5.96. The van der Waals surface area contributed by atoms with Gasteiger partial charge >= 0.3 is 0 Å². The van der Waals surface area contributed by atoms with Gasteiger partial charge in [-0.1, -0.05) is 0 Å². The van der Waals surface area contributed by atoms with Gasteiger partial charge in [-0.25, -0.2) is 4.39 Å². The highest BCUT2D eigenvalue weighted by Gasteiger charge is 2.25. The summed E-state index contributed by atoms with van der Waals surface area (Å²) in [4.78, 5) is 13.9. The molecule has 0 saturated heterocycles. The number of phenols is 1. The molecule has 1 amide bonds. The second-order valence-corrected chi connectivity index (χ2v) is 4.63. The Balaban J connectivity index is 1.85. The van der Waals surface area contributed by atoms with Crippen LogP contribution in [0.3, 0.4) is 0 Å². The van der Waals surface area contributed by atoms with E-state index in [9.17, 15) is 14.3 Å². The predicted octanol–water partition coefficient (Wildman–Crippen LogP) is 1.36. The van der Waals surface area contributed by atoms with Gasteiger partial charge in [0.25, 0.3) is 5.91 Å². The molecule has 4 nitrogen and oxygen atoms in total. The number of aromatic hydroxyl groups is 1. The lowest BCUT2D eigenvalue weighted by atomic mass is 10.2. The molecule has 98 valence electrons. The molecule has 18 heavy (non-hydrogen) atoms. The van der Waals surface area contributed by atoms with Crippen molar-refractivity contribution < 1.29 is 14.3 Å². The number of hydrogen-bond acceptors (Lipinski definition) is 3. The first-order valence-corrected chi connectivity index (χ1v) is 6.05. The van der Waals surface area contributed by atoms with Gasteiger partial charge in [0.2, 0.25) is 0 Å². The van der Waals surface area contributed by atoms with Crippen molar-refractivity contribution in [2.45, 2.75) is 18.9 Å². The third-order valence-electron chi connectivity index (χ3n) is 3.12. The first-order valence-electron chi connectivity index (χ1n) is 6.05. The van der Waals surface area contributed by atoms with E-state index in [0.29, 0.717) is 12.6 Å². The number of nitrogens with zero attached hydrogens (tertiary/aromatic N) is 1. The summed E-state index contributed by atoms with van der Waals surface area (Å²) in [6.45, 7) is 1.24. The van der Waals surface area contributed by atoms with Gasteiger partial charge in [0.05, 0.1) is 5.56 Å². The van der Waals surface area contributed by atoms with Gasteiger partial charge in [-0.2, -0.15) is 0 Å². The van der Waals surface area contributed by atoms with E-state index in [2.05, 4.69) is 10.2 Å². The molecule has 1 saturated carbocycles. The fourth-order valence-electron chi connectivity index (χ4n) is 1.83. The molecule has 0 unspecified atom stereocenters. The normalized spacial score (nSPS) is 14.8. The number of rotatable bonds is 5. The van der Waals surface area contributed by atoms with Gasteiger partial charge in [-0.15, -0.1) is 0 Å². The van der Waals surface area contributed by atoms with Crippen molar-refractivity contribution in [3.63, 3.8) is 0 Å². The lowest BCUT2D eigenvalue weighted by molar-refractivity contribution is 0.0946. The number of benzene rings is 1. The first kappa shape index (κ1) is 12.8. The van der Waals surface area contributed by atoms with E-state index in [1.54, 1.807) is 0 Å². The van der Waals surface area contributed by atoms with E-state index in [4.69, 9.17) is 0 Å². The number of likely N-dealkylation sites (N-methyl/N-ethyl adjacent to an activating group) is 1. The molecule has 1 aliphatic rings. The number of carbonyl (C=O) groups is 1. The summed E-state index contributed by atoms with van der Waals surface area (Å²) in [5.74, 6) is -1.19. The first-order chi connectivity index (χ1) is 8.58. The smallest absolute Gasteiger partial charge is 0.255 e. The molecule has 1 fully saturated rings. The molecule has 0 aliphatic heterocycles. The molecule has 0 atom stereocenters.